The van der Waals surface area contributed by atoms with E-state index in [0.29, 0.717) is 12.8 Å². The normalized spacial score (nSPS) is 26.1. The van der Waals surface area contributed by atoms with Crippen molar-refractivity contribution < 1.29 is 89.4 Å². The first-order valence-electron chi connectivity index (χ1n) is 42.7. The van der Waals surface area contributed by atoms with Crippen molar-refractivity contribution in [1.29, 1.82) is 0 Å². The predicted molar refractivity (Wildman–Crippen MR) is 420 cm³/mol. The summed E-state index contributed by atoms with van der Waals surface area (Å²) < 4.78 is 34.5. The molecule has 3 aliphatic rings. The molecule has 19 heteroatoms. The molecule has 3 aliphatic heterocycles. The average molecular weight is 1490 g/mol. The Hall–Kier alpha value is -2.77. The second-order valence-corrected chi connectivity index (χ2v) is 30.3. The van der Waals surface area contributed by atoms with Crippen LogP contribution < -0.4 is 5.32 Å². The van der Waals surface area contributed by atoms with Gasteiger partial charge in [0.1, 0.15) is 73.2 Å². The third-order valence-electron chi connectivity index (χ3n) is 21.0. The zero-order valence-electron chi connectivity index (χ0n) is 65.7. The Morgan fingerprint density at radius 1 is 0.343 bits per heavy atom. The van der Waals surface area contributed by atoms with Crippen LogP contribution in [0.1, 0.15) is 335 Å². The lowest BCUT2D eigenvalue weighted by Crippen LogP contribution is -2.66. The Labute approximate surface area is 636 Å². The topological polar surface area (TPSA) is 307 Å². The van der Waals surface area contributed by atoms with Gasteiger partial charge in [-0.1, -0.05) is 318 Å². The van der Waals surface area contributed by atoms with Crippen LogP contribution in [0.15, 0.2) is 72.9 Å². The van der Waals surface area contributed by atoms with Crippen LogP contribution in [0.4, 0.5) is 0 Å². The number of allylic oxidation sites excluding steroid dienone is 11. The summed E-state index contributed by atoms with van der Waals surface area (Å²) in [6, 6.07) is -1.00. The number of carbonyl (C=O) groups excluding carboxylic acids is 1. The summed E-state index contributed by atoms with van der Waals surface area (Å²) in [6.45, 7) is 1.74. The standard InChI is InChI=1S/C86H155NO18/c1-3-5-7-9-11-13-15-17-19-21-23-25-27-29-31-32-33-34-35-36-38-39-41-43-45-47-49-51-53-55-57-59-61-63-70(91)69(87-74(92)64-62-60-58-56-54-52-50-48-46-44-42-40-37-30-28-26-24-22-20-18-16-14-12-10-8-6-4-2)68-100-84-80(98)77(95)82(72(66-89)102-84)105-86-81(99)78(96)83(73(67-90)103-86)104-85-79(97)76(94)75(93)71(65-88)101-85/h16,18,22,24,28,30,45,47,53,55,61,63,69-73,75-86,88-91,93-99H,3-15,17,19-21,23,25-27,29,31-44,46,48-52,54,56-60,62,64-68H2,1-2H3,(H,87,92)/b18-16-,24-22-,30-28-,47-45+,55-53+,63-61+. The minimum Gasteiger partial charge on any atom is -0.394 e. The Bertz CT molecular complexity index is 2180. The number of carbonyl (C=O) groups is 1. The number of aliphatic hydroxyl groups excluding tert-OH is 11. The molecule has 19 nitrogen and oxygen atoms in total. The van der Waals surface area contributed by atoms with E-state index in [1.165, 1.54) is 231 Å². The van der Waals surface area contributed by atoms with Crippen LogP contribution in [0, 0.1) is 0 Å². The number of hydrogen-bond donors (Lipinski definition) is 12. The maximum absolute atomic E-state index is 13.5. The summed E-state index contributed by atoms with van der Waals surface area (Å²) in [7, 11) is 0. The number of hydrogen-bond acceptors (Lipinski definition) is 18. The molecule has 3 heterocycles. The number of rotatable bonds is 68. The molecule has 12 N–H and O–H groups in total. The van der Waals surface area contributed by atoms with E-state index in [4.69, 9.17) is 28.4 Å². The molecule has 0 aromatic rings. The Morgan fingerprint density at radius 2 is 0.638 bits per heavy atom. The van der Waals surface area contributed by atoms with Crippen LogP contribution >= 0.6 is 0 Å². The van der Waals surface area contributed by atoms with Crippen molar-refractivity contribution >= 4 is 5.91 Å². The van der Waals surface area contributed by atoms with E-state index in [1.807, 2.05) is 6.08 Å². The summed E-state index contributed by atoms with van der Waals surface area (Å²) >= 11 is 0. The lowest BCUT2D eigenvalue weighted by molar-refractivity contribution is -0.379. The predicted octanol–water partition coefficient (Wildman–Crippen LogP) is 15.2. The van der Waals surface area contributed by atoms with Crippen molar-refractivity contribution in [3.8, 4) is 0 Å². The van der Waals surface area contributed by atoms with E-state index < -0.39 is 124 Å². The summed E-state index contributed by atoms with van der Waals surface area (Å²) in [5.74, 6) is -0.290. The molecule has 0 saturated carbocycles. The average Bonchev–Trinajstić information content (AvgIpc) is 0.781. The molecule has 3 fully saturated rings. The third kappa shape index (κ3) is 45.4. The molecule has 17 unspecified atom stereocenters. The van der Waals surface area contributed by atoms with Gasteiger partial charge in [0.15, 0.2) is 18.9 Å². The number of nitrogens with one attached hydrogen (secondary N) is 1. The van der Waals surface area contributed by atoms with Gasteiger partial charge in [0, 0.05) is 6.42 Å². The highest BCUT2D eigenvalue weighted by atomic mass is 16.8. The van der Waals surface area contributed by atoms with E-state index in [9.17, 15) is 61.0 Å². The lowest BCUT2D eigenvalue weighted by Gasteiger charge is -2.48. The van der Waals surface area contributed by atoms with Crippen molar-refractivity contribution in [2.75, 3.05) is 26.4 Å². The van der Waals surface area contributed by atoms with Crippen LogP contribution in [0.3, 0.4) is 0 Å². The van der Waals surface area contributed by atoms with Crippen molar-refractivity contribution in [2.45, 2.75) is 439 Å². The van der Waals surface area contributed by atoms with Crippen LogP contribution in [-0.4, -0.2) is 193 Å². The van der Waals surface area contributed by atoms with Crippen molar-refractivity contribution in [3.63, 3.8) is 0 Å². The summed E-state index contributed by atoms with van der Waals surface area (Å²) in [5.41, 5.74) is 0. The fourth-order valence-corrected chi connectivity index (χ4v) is 14.1. The number of amides is 1. The summed E-state index contributed by atoms with van der Waals surface area (Å²) in [5, 5.41) is 121. The minimum absolute atomic E-state index is 0.227. The van der Waals surface area contributed by atoms with Gasteiger partial charge in [0.2, 0.25) is 5.91 Å². The molecule has 0 radical (unpaired) electrons. The zero-order valence-corrected chi connectivity index (χ0v) is 65.7. The fraction of sp³-hybridized carbons (Fsp3) is 0.849. The molecule has 3 rings (SSSR count). The number of unbranched alkanes of at least 4 members (excludes halogenated alkanes) is 42. The van der Waals surface area contributed by atoms with E-state index >= 15 is 0 Å². The molecule has 17 atom stereocenters. The Kier molecular flexibility index (Phi) is 60.5. The molecule has 1 amide bonds. The maximum Gasteiger partial charge on any atom is 0.220 e. The molecule has 3 saturated heterocycles. The van der Waals surface area contributed by atoms with E-state index in [2.05, 4.69) is 79.9 Å². The van der Waals surface area contributed by atoms with Gasteiger partial charge in [-0.15, -0.1) is 0 Å². The molecule has 0 bridgehead atoms. The first-order chi connectivity index (χ1) is 51.3. The molecule has 0 aromatic carbocycles. The van der Waals surface area contributed by atoms with Gasteiger partial charge >= 0.3 is 0 Å². The van der Waals surface area contributed by atoms with Crippen LogP contribution in [0.25, 0.3) is 0 Å². The first kappa shape index (κ1) is 96.4. The van der Waals surface area contributed by atoms with Gasteiger partial charge < -0.3 is 89.9 Å². The molecule has 105 heavy (non-hydrogen) atoms. The molecular formula is C86H155NO18. The zero-order chi connectivity index (χ0) is 76.0. The summed E-state index contributed by atoms with van der Waals surface area (Å²) in [4.78, 5) is 13.5. The highest BCUT2D eigenvalue weighted by molar-refractivity contribution is 5.76. The molecule has 0 aromatic heterocycles. The van der Waals surface area contributed by atoms with Crippen molar-refractivity contribution in [1.82, 2.24) is 5.32 Å². The van der Waals surface area contributed by atoms with Gasteiger partial charge in [-0.25, -0.2) is 0 Å². The maximum atomic E-state index is 13.5. The Balaban J connectivity index is 1.37. The highest BCUT2D eigenvalue weighted by Gasteiger charge is 2.54. The quantitative estimate of drug-likeness (QED) is 0.0199. The van der Waals surface area contributed by atoms with E-state index in [1.54, 1.807) is 6.08 Å². The molecule has 0 spiro atoms. The van der Waals surface area contributed by atoms with E-state index in [-0.39, 0.29) is 18.9 Å². The third-order valence-corrected chi connectivity index (χ3v) is 21.0. The van der Waals surface area contributed by atoms with Gasteiger partial charge in [-0.3, -0.25) is 4.79 Å². The van der Waals surface area contributed by atoms with Gasteiger partial charge in [0.25, 0.3) is 0 Å². The smallest absolute Gasteiger partial charge is 0.220 e. The first-order valence-corrected chi connectivity index (χ1v) is 42.7. The highest BCUT2D eigenvalue weighted by Crippen LogP contribution is 2.33. The van der Waals surface area contributed by atoms with Crippen LogP contribution in [0.5, 0.6) is 0 Å². The monoisotopic (exact) mass is 1490 g/mol. The van der Waals surface area contributed by atoms with E-state index in [0.717, 1.165) is 70.6 Å². The largest absolute Gasteiger partial charge is 0.394 e. The SMILES string of the molecule is CCCCCCC/C=C\C/C=C\C/C=C\CCCCCCCCCCCCCCC(=O)NC(COC1OC(CO)C(OC2OC(CO)C(OC3OC(CO)C(O)C(O)C3O)C(O)C2O)C(O)C1O)C(O)/C=C/CC/C=C/CC/C=C/CCCCCCCCCCCCCCCCCCCCCCCCC. The molecular weight excluding hydrogens is 1330 g/mol. The van der Waals surface area contributed by atoms with Crippen molar-refractivity contribution in [3.05, 3.63) is 72.9 Å². The molecule has 0 aliphatic carbocycles. The second-order valence-electron chi connectivity index (χ2n) is 30.3. The molecule has 612 valence electrons. The summed E-state index contributed by atoms with van der Waals surface area (Å²) in [6.07, 6.45) is 60.5. The lowest BCUT2D eigenvalue weighted by atomic mass is 9.96. The number of ether oxygens (including phenoxy) is 6. The van der Waals surface area contributed by atoms with Gasteiger partial charge in [0.05, 0.1) is 38.6 Å². The number of aliphatic hydroxyl groups is 11. The van der Waals surface area contributed by atoms with Crippen LogP contribution in [0.2, 0.25) is 0 Å². The van der Waals surface area contributed by atoms with Gasteiger partial charge in [-0.2, -0.15) is 0 Å². The minimum atomic E-state index is -1.99. The van der Waals surface area contributed by atoms with Crippen LogP contribution in [-0.2, 0) is 33.2 Å². The van der Waals surface area contributed by atoms with Crippen molar-refractivity contribution in [2.24, 2.45) is 0 Å². The Morgan fingerprint density at radius 3 is 1.02 bits per heavy atom. The van der Waals surface area contributed by atoms with Gasteiger partial charge in [-0.05, 0) is 83.5 Å². The second kappa shape index (κ2) is 65.9. The fourth-order valence-electron chi connectivity index (χ4n) is 14.1.